The highest BCUT2D eigenvalue weighted by Gasteiger charge is 2.38. The third-order valence-corrected chi connectivity index (χ3v) is 4.86. The van der Waals surface area contributed by atoms with Gasteiger partial charge >= 0.3 is 5.97 Å². The maximum atomic E-state index is 12.0. The summed E-state index contributed by atoms with van der Waals surface area (Å²) in [7, 11) is -0.409. The Morgan fingerprint density at radius 2 is 1.78 bits per heavy atom. The van der Waals surface area contributed by atoms with E-state index in [-0.39, 0.29) is 43.9 Å². The third kappa shape index (κ3) is 3.91. The number of methoxy groups -OCH3 is 2. The van der Waals surface area contributed by atoms with Crippen LogP contribution in [-0.2, 0) is 24.3 Å². The van der Waals surface area contributed by atoms with Crippen LogP contribution in [0.2, 0.25) is 0 Å². The molecule has 0 aromatic heterocycles. The Kier molecular flexibility index (Phi) is 5.51. The van der Waals surface area contributed by atoms with Gasteiger partial charge in [0.15, 0.2) is 0 Å². The molecule has 0 amide bonds. The van der Waals surface area contributed by atoms with Gasteiger partial charge in [0.1, 0.15) is 0 Å². The fourth-order valence-electron chi connectivity index (χ4n) is 1.93. The summed E-state index contributed by atoms with van der Waals surface area (Å²) in [6.45, 7) is 0.509. The molecule has 7 nitrogen and oxygen atoms in total. The predicted octanol–water partition coefficient (Wildman–Crippen LogP) is -0.473. The minimum absolute atomic E-state index is 0.115. The number of sulfonamides is 1. The highest BCUT2D eigenvalue weighted by molar-refractivity contribution is 7.89. The quantitative estimate of drug-likeness (QED) is 0.678. The first-order chi connectivity index (χ1) is 8.40. The first-order valence-electron chi connectivity index (χ1n) is 5.66. The summed E-state index contributed by atoms with van der Waals surface area (Å²) in [5.41, 5.74) is 0. The molecule has 0 saturated carbocycles. The lowest BCUT2D eigenvalue weighted by molar-refractivity contribution is -0.137. The summed E-state index contributed by atoms with van der Waals surface area (Å²) in [5.74, 6) is -1.15. The fraction of sp³-hybridized carbons (Fsp3) is 0.900. The van der Waals surface area contributed by atoms with Gasteiger partial charge in [-0.1, -0.05) is 0 Å². The van der Waals surface area contributed by atoms with E-state index in [1.54, 1.807) is 0 Å². The van der Waals surface area contributed by atoms with E-state index in [0.29, 0.717) is 0 Å². The highest BCUT2D eigenvalue weighted by Crippen LogP contribution is 2.19. The summed E-state index contributed by atoms with van der Waals surface area (Å²) in [4.78, 5) is 10.4. The molecule has 2 unspecified atom stereocenters. The van der Waals surface area contributed by atoms with Gasteiger partial charge in [-0.05, 0) is 6.42 Å². The number of rotatable bonds is 7. The molecule has 1 saturated heterocycles. The molecule has 0 aromatic rings. The lowest BCUT2D eigenvalue weighted by Gasteiger charge is -2.15. The van der Waals surface area contributed by atoms with E-state index < -0.39 is 16.0 Å². The zero-order valence-electron chi connectivity index (χ0n) is 10.5. The molecule has 0 aromatic carbocycles. The smallest absolute Gasteiger partial charge is 0.303 e. The van der Waals surface area contributed by atoms with Crippen molar-refractivity contribution in [2.45, 2.75) is 25.0 Å². The number of ether oxygens (including phenoxy) is 2. The van der Waals surface area contributed by atoms with Gasteiger partial charge in [-0.15, -0.1) is 0 Å². The summed E-state index contributed by atoms with van der Waals surface area (Å²) in [6, 6.07) is 0. The molecule has 1 fully saturated rings. The molecule has 2 atom stereocenters. The van der Waals surface area contributed by atoms with Crippen molar-refractivity contribution in [3.05, 3.63) is 0 Å². The second-order valence-corrected chi connectivity index (χ2v) is 6.27. The van der Waals surface area contributed by atoms with Crippen LogP contribution in [0, 0.1) is 0 Å². The van der Waals surface area contributed by atoms with E-state index in [0.717, 1.165) is 0 Å². The number of carboxylic acid groups (broad SMARTS) is 1. The molecule has 106 valence electrons. The third-order valence-electron chi connectivity index (χ3n) is 2.97. The van der Waals surface area contributed by atoms with Crippen molar-refractivity contribution in [3.63, 3.8) is 0 Å². The SMILES string of the molecule is COC1CN(S(=O)(=O)CCCC(=O)O)CC1OC. The first kappa shape index (κ1) is 15.4. The second kappa shape index (κ2) is 6.46. The molecule has 1 heterocycles. The van der Waals surface area contributed by atoms with E-state index in [2.05, 4.69) is 0 Å². The van der Waals surface area contributed by atoms with Crippen molar-refractivity contribution < 1.29 is 27.8 Å². The van der Waals surface area contributed by atoms with Crippen LogP contribution in [0.3, 0.4) is 0 Å². The Hall–Kier alpha value is -0.700. The predicted molar refractivity (Wildman–Crippen MR) is 63.8 cm³/mol. The molecule has 18 heavy (non-hydrogen) atoms. The molecule has 1 aliphatic rings. The minimum atomic E-state index is -3.43. The maximum absolute atomic E-state index is 12.0. The number of carboxylic acids is 1. The highest BCUT2D eigenvalue weighted by atomic mass is 32.2. The second-order valence-electron chi connectivity index (χ2n) is 4.18. The molecule has 1 N–H and O–H groups in total. The van der Waals surface area contributed by atoms with Crippen molar-refractivity contribution in [2.75, 3.05) is 33.1 Å². The van der Waals surface area contributed by atoms with Gasteiger partial charge in [0.25, 0.3) is 0 Å². The van der Waals surface area contributed by atoms with Gasteiger partial charge in [-0.25, -0.2) is 8.42 Å². The minimum Gasteiger partial charge on any atom is -0.481 e. The van der Waals surface area contributed by atoms with Gasteiger partial charge < -0.3 is 14.6 Å². The Labute approximate surface area is 107 Å². The largest absolute Gasteiger partial charge is 0.481 e. The first-order valence-corrected chi connectivity index (χ1v) is 7.27. The van der Waals surface area contributed by atoms with Crippen LogP contribution < -0.4 is 0 Å². The maximum Gasteiger partial charge on any atom is 0.303 e. The lowest BCUT2D eigenvalue weighted by atomic mass is 10.3. The molecule has 0 radical (unpaired) electrons. The molecule has 0 aliphatic carbocycles. The molecular formula is C10H19NO6S. The van der Waals surface area contributed by atoms with Crippen LogP contribution >= 0.6 is 0 Å². The Bertz CT molecular complexity index is 370. The zero-order chi connectivity index (χ0) is 13.8. The average molecular weight is 281 g/mol. The Morgan fingerprint density at radius 3 is 2.17 bits per heavy atom. The van der Waals surface area contributed by atoms with Crippen molar-refractivity contribution in [1.82, 2.24) is 4.31 Å². The van der Waals surface area contributed by atoms with Crippen LogP contribution in [0.1, 0.15) is 12.8 Å². The number of nitrogens with zero attached hydrogens (tertiary/aromatic N) is 1. The number of hydrogen-bond acceptors (Lipinski definition) is 5. The fourth-order valence-corrected chi connectivity index (χ4v) is 3.44. The van der Waals surface area contributed by atoms with E-state index in [1.807, 2.05) is 0 Å². The summed E-state index contributed by atoms with van der Waals surface area (Å²) < 4.78 is 35.5. The van der Waals surface area contributed by atoms with Crippen molar-refractivity contribution >= 4 is 16.0 Å². The van der Waals surface area contributed by atoms with E-state index >= 15 is 0 Å². The van der Waals surface area contributed by atoms with Crippen molar-refractivity contribution in [2.24, 2.45) is 0 Å². The number of carbonyl (C=O) groups is 1. The summed E-state index contributed by atoms with van der Waals surface area (Å²) in [6.07, 6.45) is -0.578. The van der Waals surface area contributed by atoms with Crippen molar-refractivity contribution in [3.8, 4) is 0 Å². The molecule has 0 bridgehead atoms. The van der Waals surface area contributed by atoms with Crippen LogP contribution in [0.15, 0.2) is 0 Å². The topological polar surface area (TPSA) is 93.1 Å². The molecule has 1 aliphatic heterocycles. The van der Waals surface area contributed by atoms with Gasteiger partial charge in [-0.3, -0.25) is 4.79 Å². The van der Waals surface area contributed by atoms with Gasteiger partial charge in [0.05, 0.1) is 18.0 Å². The monoisotopic (exact) mass is 281 g/mol. The van der Waals surface area contributed by atoms with Gasteiger partial charge in [0, 0.05) is 33.7 Å². The van der Waals surface area contributed by atoms with Crippen molar-refractivity contribution in [1.29, 1.82) is 0 Å². The normalized spacial score (nSPS) is 25.4. The standard InChI is InChI=1S/C10H19NO6S/c1-16-8-6-11(7-9(8)17-2)18(14,15)5-3-4-10(12)13/h8-9H,3-7H2,1-2H3,(H,12,13). The van der Waals surface area contributed by atoms with Crippen LogP contribution in [-0.4, -0.2) is 69.1 Å². The summed E-state index contributed by atoms with van der Waals surface area (Å²) in [5, 5.41) is 8.49. The average Bonchev–Trinajstić information content (AvgIpc) is 2.71. The number of aliphatic carboxylic acids is 1. The van der Waals surface area contributed by atoms with Gasteiger partial charge in [0.2, 0.25) is 10.0 Å². The summed E-state index contributed by atoms with van der Waals surface area (Å²) >= 11 is 0. The van der Waals surface area contributed by atoms with Crippen LogP contribution in [0.5, 0.6) is 0 Å². The van der Waals surface area contributed by atoms with Crippen LogP contribution in [0.4, 0.5) is 0 Å². The van der Waals surface area contributed by atoms with E-state index in [4.69, 9.17) is 14.6 Å². The lowest BCUT2D eigenvalue weighted by Crippen LogP contribution is -2.32. The number of hydrogen-bond donors (Lipinski definition) is 1. The van der Waals surface area contributed by atoms with Gasteiger partial charge in [-0.2, -0.15) is 4.31 Å². The van der Waals surface area contributed by atoms with E-state index in [9.17, 15) is 13.2 Å². The Morgan fingerprint density at radius 1 is 1.28 bits per heavy atom. The Balaban J connectivity index is 2.56. The molecule has 8 heteroatoms. The van der Waals surface area contributed by atoms with Crippen LogP contribution in [0.25, 0.3) is 0 Å². The molecule has 1 rings (SSSR count). The molecule has 0 spiro atoms. The molecular weight excluding hydrogens is 262 g/mol. The zero-order valence-corrected chi connectivity index (χ0v) is 11.4. The van der Waals surface area contributed by atoms with E-state index in [1.165, 1.54) is 18.5 Å².